The third kappa shape index (κ3) is 3.46. The highest BCUT2D eigenvalue weighted by molar-refractivity contribution is 6.27. The van der Waals surface area contributed by atoms with Gasteiger partial charge in [-0.3, -0.25) is 0 Å². The highest BCUT2D eigenvalue weighted by Crippen LogP contribution is 2.56. The van der Waals surface area contributed by atoms with E-state index in [0.717, 1.165) is 28.2 Å². The number of rotatable bonds is 3. The van der Waals surface area contributed by atoms with Crippen molar-refractivity contribution in [3.63, 3.8) is 0 Å². The smallest absolute Gasteiger partial charge is 0.0730 e. The molecule has 9 rings (SSSR count). The zero-order valence-corrected chi connectivity index (χ0v) is 24.8. The van der Waals surface area contributed by atoms with Crippen molar-refractivity contribution in [2.75, 3.05) is 0 Å². The van der Waals surface area contributed by atoms with Crippen molar-refractivity contribution >= 4 is 32.6 Å². The standard InChI is InChI=1S/C42H30N2/c1-42(2)34-23-13-11-21-32(34)38-30-19-9-10-20-31(30)39-33-22-12-14-24-37(33)44(41(39)40(38)42)29-25-35(27-15-5-3-6-16-27)43-36(26-29)28-17-7-4-8-18-28/h3-26H,1-2H3. The third-order valence-corrected chi connectivity index (χ3v) is 9.53. The molecule has 0 unspecified atom stereocenters. The Balaban J connectivity index is 1.49. The first-order chi connectivity index (χ1) is 21.6. The fourth-order valence-corrected chi connectivity index (χ4v) is 7.62. The Kier molecular flexibility index (Phi) is 5.28. The molecule has 0 fully saturated rings. The van der Waals surface area contributed by atoms with Gasteiger partial charge in [-0.1, -0.05) is 141 Å². The number of nitrogens with zero attached hydrogens (tertiary/aromatic N) is 2. The lowest BCUT2D eigenvalue weighted by Crippen LogP contribution is -2.16. The van der Waals surface area contributed by atoms with Gasteiger partial charge < -0.3 is 4.57 Å². The third-order valence-electron chi connectivity index (χ3n) is 9.53. The molecule has 6 aromatic carbocycles. The van der Waals surface area contributed by atoms with Crippen LogP contribution in [-0.4, -0.2) is 9.55 Å². The largest absolute Gasteiger partial charge is 0.309 e. The number of benzene rings is 6. The normalized spacial score (nSPS) is 13.4. The number of fused-ring (bicyclic) bond motifs is 10. The maximum Gasteiger partial charge on any atom is 0.0730 e. The Morgan fingerprint density at radius 3 is 1.77 bits per heavy atom. The van der Waals surface area contributed by atoms with Crippen LogP contribution in [0.3, 0.4) is 0 Å². The van der Waals surface area contributed by atoms with Gasteiger partial charge in [0.2, 0.25) is 0 Å². The molecule has 44 heavy (non-hydrogen) atoms. The van der Waals surface area contributed by atoms with Gasteiger partial charge in [-0.05, 0) is 51.2 Å². The van der Waals surface area contributed by atoms with Crippen molar-refractivity contribution < 1.29 is 0 Å². The van der Waals surface area contributed by atoms with Gasteiger partial charge >= 0.3 is 0 Å². The fourth-order valence-electron chi connectivity index (χ4n) is 7.62. The van der Waals surface area contributed by atoms with E-state index in [0.29, 0.717) is 0 Å². The maximum atomic E-state index is 5.21. The Morgan fingerprint density at radius 2 is 1.09 bits per heavy atom. The molecule has 208 valence electrons. The zero-order valence-electron chi connectivity index (χ0n) is 24.8. The summed E-state index contributed by atoms with van der Waals surface area (Å²) in [4.78, 5) is 5.21. The summed E-state index contributed by atoms with van der Waals surface area (Å²) in [6, 6.07) is 52.5. The molecule has 0 saturated heterocycles. The van der Waals surface area contributed by atoms with E-state index in [-0.39, 0.29) is 5.41 Å². The first-order valence-electron chi connectivity index (χ1n) is 15.3. The van der Waals surface area contributed by atoms with Crippen molar-refractivity contribution in [3.05, 3.63) is 157 Å². The van der Waals surface area contributed by atoms with E-state index in [4.69, 9.17) is 4.98 Å². The van der Waals surface area contributed by atoms with Crippen LogP contribution in [0.25, 0.3) is 71.9 Å². The lowest BCUT2D eigenvalue weighted by Gasteiger charge is -2.24. The average molecular weight is 563 g/mol. The Bertz CT molecular complexity index is 2340. The molecule has 2 nitrogen and oxygen atoms in total. The van der Waals surface area contributed by atoms with Gasteiger partial charge in [-0.2, -0.15) is 0 Å². The van der Waals surface area contributed by atoms with Crippen LogP contribution >= 0.6 is 0 Å². The molecule has 0 bridgehead atoms. The second-order valence-electron chi connectivity index (χ2n) is 12.4. The van der Waals surface area contributed by atoms with Crippen molar-refractivity contribution in [2.24, 2.45) is 0 Å². The van der Waals surface area contributed by atoms with Crippen molar-refractivity contribution in [2.45, 2.75) is 19.3 Å². The second kappa shape index (κ2) is 9.26. The van der Waals surface area contributed by atoms with Crippen LogP contribution in [0, 0.1) is 0 Å². The maximum absolute atomic E-state index is 5.21. The van der Waals surface area contributed by atoms with Crippen LogP contribution < -0.4 is 0 Å². The SMILES string of the molecule is CC1(C)c2ccccc2-c2c1c1c(c3ccccc23)c2ccccc2n1-c1cc(-c2ccccc2)nc(-c2ccccc2)c1. The van der Waals surface area contributed by atoms with Crippen LogP contribution in [0.4, 0.5) is 0 Å². The molecule has 0 amide bonds. The highest BCUT2D eigenvalue weighted by Gasteiger charge is 2.40. The summed E-state index contributed by atoms with van der Waals surface area (Å²) in [5.41, 5.74) is 13.0. The van der Waals surface area contributed by atoms with Gasteiger partial charge in [0.05, 0.1) is 28.1 Å². The minimum atomic E-state index is -0.183. The van der Waals surface area contributed by atoms with Crippen LogP contribution in [0.1, 0.15) is 25.0 Å². The first kappa shape index (κ1) is 25.1. The summed E-state index contributed by atoms with van der Waals surface area (Å²) in [6.07, 6.45) is 0. The van der Waals surface area contributed by atoms with Crippen LogP contribution in [-0.2, 0) is 5.41 Å². The summed E-state index contributed by atoms with van der Waals surface area (Å²) >= 11 is 0. The summed E-state index contributed by atoms with van der Waals surface area (Å²) in [5, 5.41) is 5.20. The zero-order chi connectivity index (χ0) is 29.4. The average Bonchev–Trinajstić information content (AvgIpc) is 3.55. The molecule has 2 aromatic heterocycles. The lowest BCUT2D eigenvalue weighted by atomic mass is 9.80. The molecule has 0 N–H and O–H groups in total. The van der Waals surface area contributed by atoms with Crippen molar-refractivity contribution in [3.8, 4) is 39.3 Å². The molecular formula is C42H30N2. The van der Waals surface area contributed by atoms with Crippen LogP contribution in [0.5, 0.6) is 0 Å². The van der Waals surface area contributed by atoms with E-state index in [1.807, 2.05) is 0 Å². The van der Waals surface area contributed by atoms with Gasteiger partial charge in [0.1, 0.15) is 0 Å². The first-order valence-corrected chi connectivity index (χ1v) is 15.3. The minimum Gasteiger partial charge on any atom is -0.309 e. The molecule has 0 saturated carbocycles. The number of hydrogen-bond acceptors (Lipinski definition) is 1. The topological polar surface area (TPSA) is 17.8 Å². The van der Waals surface area contributed by atoms with Gasteiger partial charge in [0.15, 0.2) is 0 Å². The fraction of sp³-hybridized carbons (Fsp3) is 0.0714. The van der Waals surface area contributed by atoms with Gasteiger partial charge in [-0.25, -0.2) is 4.98 Å². The molecule has 0 atom stereocenters. The Hall–Kier alpha value is -5.47. The monoisotopic (exact) mass is 562 g/mol. The van der Waals surface area contributed by atoms with Gasteiger partial charge in [0.25, 0.3) is 0 Å². The molecule has 0 radical (unpaired) electrons. The number of para-hydroxylation sites is 1. The Morgan fingerprint density at radius 1 is 0.545 bits per heavy atom. The molecule has 8 aromatic rings. The quantitative estimate of drug-likeness (QED) is 0.209. The molecule has 1 aliphatic carbocycles. The summed E-state index contributed by atoms with van der Waals surface area (Å²) in [5.74, 6) is 0. The van der Waals surface area contributed by atoms with E-state index in [1.54, 1.807) is 0 Å². The predicted octanol–water partition coefficient (Wildman–Crippen LogP) is 11.0. The van der Waals surface area contributed by atoms with Crippen molar-refractivity contribution in [1.29, 1.82) is 0 Å². The summed E-state index contributed by atoms with van der Waals surface area (Å²) in [6.45, 7) is 4.79. The molecule has 1 aliphatic rings. The number of pyridine rings is 1. The molecule has 2 heterocycles. The summed E-state index contributed by atoms with van der Waals surface area (Å²) < 4.78 is 2.52. The Labute approximate surface area is 256 Å². The van der Waals surface area contributed by atoms with E-state index in [2.05, 4.69) is 164 Å². The van der Waals surface area contributed by atoms with E-state index in [1.165, 1.54) is 54.8 Å². The summed E-state index contributed by atoms with van der Waals surface area (Å²) in [7, 11) is 0. The minimum absolute atomic E-state index is 0.183. The van der Waals surface area contributed by atoms with Crippen LogP contribution in [0.2, 0.25) is 0 Å². The molecule has 2 heteroatoms. The van der Waals surface area contributed by atoms with Crippen molar-refractivity contribution in [1.82, 2.24) is 9.55 Å². The molecular weight excluding hydrogens is 532 g/mol. The molecule has 0 spiro atoms. The highest BCUT2D eigenvalue weighted by atomic mass is 15.0. The lowest BCUT2D eigenvalue weighted by molar-refractivity contribution is 0.664. The van der Waals surface area contributed by atoms with E-state index < -0.39 is 0 Å². The van der Waals surface area contributed by atoms with E-state index >= 15 is 0 Å². The molecule has 0 aliphatic heterocycles. The second-order valence-corrected chi connectivity index (χ2v) is 12.4. The number of aromatic nitrogens is 2. The predicted molar refractivity (Wildman–Crippen MR) is 185 cm³/mol. The van der Waals surface area contributed by atoms with Gasteiger partial charge in [0, 0.05) is 27.3 Å². The van der Waals surface area contributed by atoms with Gasteiger partial charge in [-0.15, -0.1) is 0 Å². The number of hydrogen-bond donors (Lipinski definition) is 0. The van der Waals surface area contributed by atoms with E-state index in [9.17, 15) is 0 Å². The van der Waals surface area contributed by atoms with Crippen LogP contribution in [0.15, 0.2) is 146 Å².